The monoisotopic (exact) mass is 218 g/mol. The maximum Gasteiger partial charge on any atom is 0.321 e. The predicted octanol–water partition coefficient (Wildman–Crippen LogP) is 2.68. The summed E-state index contributed by atoms with van der Waals surface area (Å²) in [5, 5.41) is 2.00. The summed E-state index contributed by atoms with van der Waals surface area (Å²) in [5.74, 6) is 0.338. The molecule has 0 bridgehead atoms. The molecule has 0 radical (unpaired) electrons. The molecule has 0 heterocycles. The van der Waals surface area contributed by atoms with E-state index in [4.69, 9.17) is 4.74 Å². The van der Waals surface area contributed by atoms with Gasteiger partial charge in [0.25, 0.3) is 0 Å². The van der Waals surface area contributed by atoms with E-state index in [1.165, 1.54) is 0 Å². The zero-order valence-electron chi connectivity index (χ0n) is 8.01. The van der Waals surface area contributed by atoms with E-state index in [-0.39, 0.29) is 11.7 Å². The first-order valence-electron chi connectivity index (χ1n) is 4.60. The van der Waals surface area contributed by atoms with Crippen LogP contribution in [0.1, 0.15) is 0 Å². The van der Waals surface area contributed by atoms with Crippen LogP contribution in [-0.4, -0.2) is 11.7 Å². The lowest BCUT2D eigenvalue weighted by molar-refractivity contribution is -0.131. The average molecular weight is 218 g/mol. The molecule has 2 rings (SSSR count). The normalized spacial score (nSPS) is 10.2. The summed E-state index contributed by atoms with van der Waals surface area (Å²) < 4.78 is 5.16. The predicted molar refractivity (Wildman–Crippen MR) is 63.4 cm³/mol. The minimum atomic E-state index is -0.338. The van der Waals surface area contributed by atoms with Gasteiger partial charge < -0.3 is 4.74 Å². The summed E-state index contributed by atoms with van der Waals surface area (Å²) in [6.45, 7) is 0. The van der Waals surface area contributed by atoms with Crippen molar-refractivity contribution in [3.63, 3.8) is 0 Å². The molecule has 0 aliphatic carbocycles. The van der Waals surface area contributed by atoms with Gasteiger partial charge in [-0.1, -0.05) is 36.4 Å². The molecule has 15 heavy (non-hydrogen) atoms. The van der Waals surface area contributed by atoms with Gasteiger partial charge in [0.1, 0.15) is 5.75 Å². The highest BCUT2D eigenvalue weighted by atomic mass is 32.1. The molecule has 3 heteroatoms. The smallest absolute Gasteiger partial charge is 0.321 e. The fourth-order valence-electron chi connectivity index (χ4n) is 1.44. The van der Waals surface area contributed by atoms with Crippen LogP contribution in [0.5, 0.6) is 5.75 Å². The van der Waals surface area contributed by atoms with E-state index in [9.17, 15) is 4.79 Å². The molecule has 0 spiro atoms. The first-order valence-corrected chi connectivity index (χ1v) is 5.24. The van der Waals surface area contributed by atoms with Crippen LogP contribution in [0.4, 0.5) is 0 Å². The number of esters is 1. The quantitative estimate of drug-likeness (QED) is 0.476. The first-order chi connectivity index (χ1) is 7.31. The van der Waals surface area contributed by atoms with Gasteiger partial charge in [-0.05, 0) is 11.5 Å². The highest BCUT2D eigenvalue weighted by molar-refractivity contribution is 7.81. The van der Waals surface area contributed by atoms with Crippen molar-refractivity contribution in [2.75, 3.05) is 5.75 Å². The summed E-state index contributed by atoms with van der Waals surface area (Å²) in [7, 11) is 0. The molecule has 0 atom stereocenters. The van der Waals surface area contributed by atoms with E-state index in [0.29, 0.717) is 5.75 Å². The Morgan fingerprint density at radius 1 is 1.13 bits per heavy atom. The average Bonchev–Trinajstić information content (AvgIpc) is 2.29. The second kappa shape index (κ2) is 4.36. The van der Waals surface area contributed by atoms with Crippen LogP contribution >= 0.6 is 12.6 Å². The molecule has 0 aromatic heterocycles. The van der Waals surface area contributed by atoms with Gasteiger partial charge in [-0.15, -0.1) is 0 Å². The lowest BCUT2D eigenvalue weighted by Crippen LogP contribution is -2.09. The van der Waals surface area contributed by atoms with Crippen LogP contribution in [0.3, 0.4) is 0 Å². The fourth-order valence-corrected chi connectivity index (χ4v) is 1.50. The van der Waals surface area contributed by atoms with Gasteiger partial charge in [0, 0.05) is 5.39 Å². The lowest BCUT2D eigenvalue weighted by atomic mass is 10.1. The Kier molecular flexibility index (Phi) is 2.92. The second-order valence-corrected chi connectivity index (χ2v) is 3.43. The fraction of sp³-hybridized carbons (Fsp3) is 0.0833. The zero-order valence-corrected chi connectivity index (χ0v) is 8.91. The van der Waals surface area contributed by atoms with Crippen LogP contribution in [0.2, 0.25) is 0 Å². The molecule has 2 aromatic rings. The number of rotatable bonds is 2. The van der Waals surface area contributed by atoms with E-state index in [1.54, 1.807) is 6.07 Å². The number of hydrogen-bond donors (Lipinski definition) is 1. The molecule has 0 N–H and O–H groups in total. The Labute approximate surface area is 93.3 Å². The summed E-state index contributed by atoms with van der Waals surface area (Å²) in [4.78, 5) is 11.1. The number of carbonyl (C=O) groups excluding carboxylic acids is 1. The van der Waals surface area contributed by atoms with Crippen molar-refractivity contribution in [3.05, 3.63) is 42.5 Å². The molecule has 0 saturated heterocycles. The van der Waals surface area contributed by atoms with Crippen molar-refractivity contribution in [3.8, 4) is 5.75 Å². The molecule has 0 aliphatic heterocycles. The van der Waals surface area contributed by atoms with E-state index in [2.05, 4.69) is 12.6 Å². The van der Waals surface area contributed by atoms with Gasteiger partial charge in [0.2, 0.25) is 0 Å². The minimum absolute atomic E-state index is 0.0865. The second-order valence-electron chi connectivity index (χ2n) is 3.11. The van der Waals surface area contributed by atoms with Crippen molar-refractivity contribution in [1.29, 1.82) is 0 Å². The third-order valence-electron chi connectivity index (χ3n) is 2.10. The highest BCUT2D eigenvalue weighted by Gasteiger charge is 2.05. The van der Waals surface area contributed by atoms with Gasteiger partial charge in [-0.25, -0.2) is 0 Å². The van der Waals surface area contributed by atoms with Crippen LogP contribution in [0.25, 0.3) is 10.8 Å². The van der Waals surface area contributed by atoms with Crippen LogP contribution in [0.15, 0.2) is 42.5 Å². The SMILES string of the molecule is O=C(CS)Oc1cccc2ccccc12. The standard InChI is InChI=1S/C12H10O2S/c13-12(8-15)14-11-7-3-5-9-4-1-2-6-10(9)11/h1-7,15H,8H2. The minimum Gasteiger partial charge on any atom is -0.425 e. The molecule has 2 nitrogen and oxygen atoms in total. The molecule has 0 fully saturated rings. The van der Waals surface area contributed by atoms with Gasteiger partial charge in [0.15, 0.2) is 0 Å². The maximum atomic E-state index is 11.1. The van der Waals surface area contributed by atoms with Crippen LogP contribution in [-0.2, 0) is 4.79 Å². The van der Waals surface area contributed by atoms with Crippen molar-refractivity contribution in [2.24, 2.45) is 0 Å². The summed E-state index contributed by atoms with van der Waals surface area (Å²) >= 11 is 3.87. The van der Waals surface area contributed by atoms with Crippen molar-refractivity contribution >= 4 is 29.4 Å². The summed E-state index contributed by atoms with van der Waals surface area (Å²) in [6.07, 6.45) is 0. The lowest BCUT2D eigenvalue weighted by Gasteiger charge is -2.05. The third kappa shape index (κ3) is 2.13. The van der Waals surface area contributed by atoms with Crippen LogP contribution in [0, 0.1) is 0 Å². The van der Waals surface area contributed by atoms with Crippen molar-refractivity contribution in [2.45, 2.75) is 0 Å². The van der Waals surface area contributed by atoms with E-state index >= 15 is 0 Å². The zero-order chi connectivity index (χ0) is 10.7. The Morgan fingerprint density at radius 3 is 2.67 bits per heavy atom. The number of thiol groups is 1. The third-order valence-corrected chi connectivity index (χ3v) is 2.36. The van der Waals surface area contributed by atoms with Gasteiger partial charge in [-0.2, -0.15) is 12.6 Å². The van der Waals surface area contributed by atoms with E-state index in [1.807, 2.05) is 36.4 Å². The van der Waals surface area contributed by atoms with E-state index < -0.39 is 0 Å². The highest BCUT2D eigenvalue weighted by Crippen LogP contribution is 2.25. The van der Waals surface area contributed by atoms with Gasteiger partial charge in [-0.3, -0.25) is 4.79 Å². The molecule has 0 aliphatic rings. The summed E-state index contributed by atoms with van der Waals surface area (Å²) in [5.41, 5.74) is 0. The molecule has 2 aromatic carbocycles. The Hall–Kier alpha value is -1.48. The van der Waals surface area contributed by atoms with Crippen molar-refractivity contribution in [1.82, 2.24) is 0 Å². The number of ether oxygens (including phenoxy) is 1. The summed E-state index contributed by atoms with van der Waals surface area (Å²) in [6, 6.07) is 13.4. The first kappa shape index (κ1) is 10.1. The number of benzene rings is 2. The number of carbonyl (C=O) groups is 1. The van der Waals surface area contributed by atoms with Crippen LogP contribution < -0.4 is 4.74 Å². The van der Waals surface area contributed by atoms with Gasteiger partial charge in [0.05, 0.1) is 5.75 Å². The molecular formula is C12H10O2S. The molecule has 0 saturated carbocycles. The molecule has 0 amide bonds. The Bertz CT molecular complexity index is 488. The molecule has 76 valence electrons. The largest absolute Gasteiger partial charge is 0.425 e. The van der Waals surface area contributed by atoms with Crippen molar-refractivity contribution < 1.29 is 9.53 Å². The Morgan fingerprint density at radius 2 is 1.87 bits per heavy atom. The molecule has 0 unspecified atom stereocenters. The number of hydrogen-bond acceptors (Lipinski definition) is 3. The Balaban J connectivity index is 2.46. The topological polar surface area (TPSA) is 26.3 Å². The number of fused-ring (bicyclic) bond motifs is 1. The maximum absolute atomic E-state index is 11.1. The van der Waals surface area contributed by atoms with E-state index in [0.717, 1.165) is 10.8 Å². The molecular weight excluding hydrogens is 208 g/mol. The van der Waals surface area contributed by atoms with Gasteiger partial charge >= 0.3 is 5.97 Å².